The highest BCUT2D eigenvalue weighted by Gasteiger charge is 2.17. The van der Waals surface area contributed by atoms with Crippen LogP contribution in [0.1, 0.15) is 80.6 Å². The molecule has 29 heavy (non-hydrogen) atoms. The summed E-state index contributed by atoms with van der Waals surface area (Å²) in [6.07, 6.45) is 9.66. The highest BCUT2D eigenvalue weighted by molar-refractivity contribution is 5.40. The van der Waals surface area contributed by atoms with E-state index in [0.29, 0.717) is 5.92 Å². The molecule has 3 nitrogen and oxygen atoms in total. The maximum absolute atomic E-state index is 5.77. The van der Waals surface area contributed by atoms with E-state index in [1.165, 1.54) is 22.5 Å². The number of rotatable bonds is 14. The molecule has 0 fully saturated rings. The van der Waals surface area contributed by atoms with Gasteiger partial charge in [-0.1, -0.05) is 71.9 Å². The van der Waals surface area contributed by atoms with Crippen molar-refractivity contribution in [1.29, 1.82) is 0 Å². The fourth-order valence-corrected chi connectivity index (χ4v) is 3.34. The first-order chi connectivity index (χ1) is 13.5. The van der Waals surface area contributed by atoms with E-state index in [1.54, 1.807) is 0 Å². The predicted molar refractivity (Wildman–Crippen MR) is 131 cm³/mol. The molecule has 0 radical (unpaired) electrons. The summed E-state index contributed by atoms with van der Waals surface area (Å²) < 4.78 is 0. The largest absolute Gasteiger partial charge is 0.391 e. The zero-order valence-electron chi connectivity index (χ0n) is 20.5. The molecule has 0 amide bonds. The average molecular weight is 402 g/mol. The molecule has 0 saturated carbocycles. The number of allylic oxidation sites excluding steroid dienone is 6. The van der Waals surface area contributed by atoms with Crippen LogP contribution in [-0.4, -0.2) is 13.6 Å². The SMILES string of the molecule is C=C(/C=C\C(CCC(C)(C)CCN)=C(/C)NC)C(=C)N/C(=C(/C)CCC)C(C)C. The molecule has 0 rings (SSSR count). The van der Waals surface area contributed by atoms with Crippen molar-refractivity contribution in [2.75, 3.05) is 13.6 Å². The molecule has 0 aromatic rings. The van der Waals surface area contributed by atoms with Gasteiger partial charge in [-0.3, -0.25) is 0 Å². The van der Waals surface area contributed by atoms with E-state index in [4.69, 9.17) is 5.73 Å². The van der Waals surface area contributed by atoms with Gasteiger partial charge in [0, 0.05) is 24.1 Å². The molecule has 0 spiro atoms. The van der Waals surface area contributed by atoms with Crippen LogP contribution in [0.5, 0.6) is 0 Å². The van der Waals surface area contributed by atoms with E-state index in [0.717, 1.165) is 49.9 Å². The topological polar surface area (TPSA) is 50.1 Å². The Morgan fingerprint density at radius 1 is 1.07 bits per heavy atom. The molecule has 4 N–H and O–H groups in total. The summed E-state index contributed by atoms with van der Waals surface area (Å²) in [5.74, 6) is 0.432. The Kier molecular flexibility index (Phi) is 12.7. The van der Waals surface area contributed by atoms with Crippen LogP contribution in [0, 0.1) is 11.3 Å². The number of hydrogen-bond acceptors (Lipinski definition) is 3. The predicted octanol–water partition coefficient (Wildman–Crippen LogP) is 6.58. The molecule has 0 heterocycles. The minimum atomic E-state index is 0.248. The van der Waals surface area contributed by atoms with E-state index >= 15 is 0 Å². The Labute approximate surface area is 181 Å². The van der Waals surface area contributed by atoms with Gasteiger partial charge in [-0.15, -0.1) is 0 Å². The van der Waals surface area contributed by atoms with Crippen LogP contribution >= 0.6 is 0 Å². The van der Waals surface area contributed by atoms with Crippen molar-refractivity contribution in [3.63, 3.8) is 0 Å². The third-order valence-electron chi connectivity index (χ3n) is 5.57. The summed E-state index contributed by atoms with van der Waals surface area (Å²) in [5, 5.41) is 6.82. The fraction of sp³-hybridized carbons (Fsp3) is 0.615. The van der Waals surface area contributed by atoms with E-state index in [1.807, 2.05) is 7.05 Å². The van der Waals surface area contributed by atoms with Crippen molar-refractivity contribution in [2.45, 2.75) is 80.6 Å². The Bertz CT molecular complexity index is 630. The Morgan fingerprint density at radius 2 is 1.69 bits per heavy atom. The Morgan fingerprint density at radius 3 is 2.17 bits per heavy atom. The molecule has 0 aromatic carbocycles. The minimum absolute atomic E-state index is 0.248. The zero-order valence-corrected chi connectivity index (χ0v) is 20.5. The normalized spacial score (nSPS) is 14.0. The molecule has 0 saturated heterocycles. The van der Waals surface area contributed by atoms with Gasteiger partial charge in [0.1, 0.15) is 0 Å². The molecular formula is C26H47N3. The van der Waals surface area contributed by atoms with Gasteiger partial charge in [-0.2, -0.15) is 0 Å². The van der Waals surface area contributed by atoms with E-state index in [9.17, 15) is 0 Å². The van der Waals surface area contributed by atoms with Crippen LogP contribution in [0.4, 0.5) is 0 Å². The van der Waals surface area contributed by atoms with Crippen molar-refractivity contribution in [3.05, 3.63) is 59.1 Å². The third kappa shape index (κ3) is 10.6. The molecule has 0 unspecified atom stereocenters. The monoisotopic (exact) mass is 401 g/mol. The van der Waals surface area contributed by atoms with Gasteiger partial charge in [0.15, 0.2) is 0 Å². The van der Waals surface area contributed by atoms with E-state index in [-0.39, 0.29) is 5.41 Å². The van der Waals surface area contributed by atoms with Crippen molar-refractivity contribution in [1.82, 2.24) is 10.6 Å². The van der Waals surface area contributed by atoms with Crippen LogP contribution in [0.2, 0.25) is 0 Å². The van der Waals surface area contributed by atoms with Gasteiger partial charge in [0.05, 0.1) is 0 Å². The second-order valence-electron chi connectivity index (χ2n) is 9.16. The number of hydrogen-bond donors (Lipinski definition) is 3. The fourth-order valence-electron chi connectivity index (χ4n) is 3.34. The summed E-state index contributed by atoms with van der Waals surface area (Å²) in [5.41, 5.74) is 12.9. The van der Waals surface area contributed by atoms with E-state index in [2.05, 4.69) is 84.4 Å². The summed E-state index contributed by atoms with van der Waals surface area (Å²) in [4.78, 5) is 0. The quantitative estimate of drug-likeness (QED) is 0.288. The minimum Gasteiger partial charge on any atom is -0.391 e. The second-order valence-corrected chi connectivity index (χ2v) is 9.16. The Hall–Kier alpha value is -1.74. The summed E-state index contributed by atoms with van der Waals surface area (Å²) in [6.45, 7) is 24.8. The molecule has 0 aliphatic carbocycles. The smallest absolute Gasteiger partial charge is 0.0376 e. The first-order valence-electron chi connectivity index (χ1n) is 11.1. The molecule has 0 bridgehead atoms. The van der Waals surface area contributed by atoms with Crippen molar-refractivity contribution in [3.8, 4) is 0 Å². The van der Waals surface area contributed by atoms with Gasteiger partial charge in [-0.25, -0.2) is 0 Å². The lowest BCUT2D eigenvalue weighted by Gasteiger charge is -2.24. The molecule has 166 valence electrons. The molecule has 0 atom stereocenters. The van der Waals surface area contributed by atoms with Crippen LogP contribution in [-0.2, 0) is 0 Å². The number of nitrogens with two attached hydrogens (primary N) is 1. The maximum Gasteiger partial charge on any atom is 0.0376 e. The Balaban J connectivity index is 5.28. The van der Waals surface area contributed by atoms with Crippen LogP contribution in [0.15, 0.2) is 59.1 Å². The highest BCUT2D eigenvalue weighted by Crippen LogP contribution is 2.29. The summed E-state index contributed by atoms with van der Waals surface area (Å²) in [6, 6.07) is 0. The maximum atomic E-state index is 5.77. The van der Waals surface area contributed by atoms with Crippen LogP contribution in [0.3, 0.4) is 0 Å². The van der Waals surface area contributed by atoms with Gasteiger partial charge in [-0.05, 0) is 68.6 Å². The first kappa shape index (κ1) is 27.3. The summed E-state index contributed by atoms with van der Waals surface area (Å²) >= 11 is 0. The average Bonchev–Trinajstić information content (AvgIpc) is 2.64. The van der Waals surface area contributed by atoms with Crippen LogP contribution < -0.4 is 16.4 Å². The van der Waals surface area contributed by atoms with Gasteiger partial charge in [0.2, 0.25) is 0 Å². The molecule has 0 aliphatic rings. The third-order valence-corrected chi connectivity index (χ3v) is 5.57. The lowest BCUT2D eigenvalue weighted by atomic mass is 9.83. The molecule has 3 heteroatoms. The van der Waals surface area contributed by atoms with Gasteiger partial charge in [0.25, 0.3) is 0 Å². The first-order valence-corrected chi connectivity index (χ1v) is 11.1. The van der Waals surface area contributed by atoms with Crippen molar-refractivity contribution in [2.24, 2.45) is 17.1 Å². The van der Waals surface area contributed by atoms with Crippen molar-refractivity contribution >= 4 is 0 Å². The van der Waals surface area contributed by atoms with Crippen LogP contribution in [0.25, 0.3) is 0 Å². The van der Waals surface area contributed by atoms with Gasteiger partial charge < -0.3 is 16.4 Å². The number of nitrogens with one attached hydrogen (secondary N) is 2. The zero-order chi connectivity index (χ0) is 22.6. The standard InChI is InChI=1S/C26H47N3/c1-11-12-21(5)25(19(2)3)29-22(6)20(4)13-14-24(23(7)28-10)15-16-26(8,9)17-18-27/h13-14,19,28-29H,4,6,11-12,15-18,27H2,1-3,5,7-10H3/b14-13-,24-23-,25-21-. The van der Waals surface area contributed by atoms with Crippen molar-refractivity contribution < 1.29 is 0 Å². The highest BCUT2D eigenvalue weighted by atomic mass is 14.9. The molecule has 0 aromatic heterocycles. The second kappa shape index (κ2) is 13.5. The lowest BCUT2D eigenvalue weighted by Crippen LogP contribution is -2.19. The lowest BCUT2D eigenvalue weighted by molar-refractivity contribution is 0.313. The summed E-state index contributed by atoms with van der Waals surface area (Å²) in [7, 11) is 1.97. The van der Waals surface area contributed by atoms with E-state index < -0.39 is 0 Å². The molecular weight excluding hydrogens is 354 g/mol. The molecule has 0 aliphatic heterocycles. The van der Waals surface area contributed by atoms with Gasteiger partial charge >= 0.3 is 0 Å².